The van der Waals surface area contributed by atoms with Gasteiger partial charge in [0.05, 0.1) is 5.54 Å². The third-order valence-corrected chi connectivity index (χ3v) is 4.35. The van der Waals surface area contributed by atoms with Gasteiger partial charge in [-0.3, -0.25) is 4.79 Å². The smallest absolute Gasteiger partial charge is 0.240 e. The summed E-state index contributed by atoms with van der Waals surface area (Å²) >= 11 is 0. The van der Waals surface area contributed by atoms with Crippen molar-refractivity contribution in [3.05, 3.63) is 34.9 Å². The largest absolute Gasteiger partial charge is 0.354 e. The van der Waals surface area contributed by atoms with E-state index in [1.165, 1.54) is 42.4 Å². The van der Waals surface area contributed by atoms with E-state index >= 15 is 0 Å². The van der Waals surface area contributed by atoms with Crippen LogP contribution in [0.3, 0.4) is 0 Å². The normalized spacial score (nSPS) is 19.6. The summed E-state index contributed by atoms with van der Waals surface area (Å²) in [5.74, 6) is 0.0189. The molecule has 0 aliphatic heterocycles. The molecule has 3 N–H and O–H groups in total. The fraction of sp³-hybridized carbons (Fsp3) is 0.562. The molecule has 0 saturated heterocycles. The van der Waals surface area contributed by atoms with Crippen molar-refractivity contribution in [3.8, 4) is 0 Å². The highest BCUT2D eigenvalue weighted by molar-refractivity contribution is 5.88. The fourth-order valence-electron chi connectivity index (χ4n) is 2.80. The van der Waals surface area contributed by atoms with E-state index in [0.717, 1.165) is 19.3 Å². The Bertz CT molecular complexity index is 492. The lowest BCUT2D eigenvalue weighted by Crippen LogP contribution is -2.43. The summed E-state index contributed by atoms with van der Waals surface area (Å²) in [5, 5.41) is 2.95. The highest BCUT2D eigenvalue weighted by Crippen LogP contribution is 2.32. The first-order valence-corrected chi connectivity index (χ1v) is 7.35. The van der Waals surface area contributed by atoms with Crippen LogP contribution in [0.4, 0.5) is 0 Å². The SMILES string of the molecule is NC1(C(=O)NCCc2ccc3c(c2)CCCC3)CC1. The number of hydrogen-bond acceptors (Lipinski definition) is 2. The van der Waals surface area contributed by atoms with E-state index in [0.29, 0.717) is 6.54 Å². The summed E-state index contributed by atoms with van der Waals surface area (Å²) in [6.45, 7) is 0.691. The standard InChI is InChI=1S/C16H22N2O/c17-16(8-9-16)15(19)18-10-7-12-5-6-13-3-1-2-4-14(13)11-12/h5-6,11H,1-4,7-10,17H2,(H,18,19). The maximum Gasteiger partial charge on any atom is 0.240 e. The molecule has 3 nitrogen and oxygen atoms in total. The second-order valence-corrected chi connectivity index (χ2v) is 5.97. The molecule has 0 aromatic heterocycles. The lowest BCUT2D eigenvalue weighted by Gasteiger charge is -2.17. The highest BCUT2D eigenvalue weighted by atomic mass is 16.2. The van der Waals surface area contributed by atoms with Crippen LogP contribution < -0.4 is 11.1 Å². The van der Waals surface area contributed by atoms with Gasteiger partial charge < -0.3 is 11.1 Å². The molecule has 1 saturated carbocycles. The van der Waals surface area contributed by atoms with Crippen LogP contribution in [-0.4, -0.2) is 18.0 Å². The number of carbonyl (C=O) groups excluding carboxylic acids is 1. The van der Waals surface area contributed by atoms with Crippen molar-refractivity contribution in [1.82, 2.24) is 5.32 Å². The molecular formula is C16H22N2O. The number of aryl methyl sites for hydroxylation is 2. The highest BCUT2D eigenvalue weighted by Gasteiger charge is 2.45. The minimum Gasteiger partial charge on any atom is -0.354 e. The Morgan fingerprint density at radius 3 is 2.68 bits per heavy atom. The molecular weight excluding hydrogens is 236 g/mol. The number of nitrogens with two attached hydrogens (primary N) is 1. The molecule has 102 valence electrons. The van der Waals surface area contributed by atoms with E-state index in [4.69, 9.17) is 5.73 Å². The molecule has 0 radical (unpaired) electrons. The predicted octanol–water partition coefficient (Wildman–Crippen LogP) is 1.72. The molecule has 1 amide bonds. The average Bonchev–Trinajstić information content (AvgIpc) is 3.18. The zero-order valence-corrected chi connectivity index (χ0v) is 11.4. The number of amides is 1. The molecule has 2 aliphatic rings. The van der Waals surface area contributed by atoms with Gasteiger partial charge in [0, 0.05) is 6.54 Å². The molecule has 0 spiro atoms. The van der Waals surface area contributed by atoms with Crippen molar-refractivity contribution in [2.75, 3.05) is 6.54 Å². The number of nitrogens with one attached hydrogen (secondary N) is 1. The molecule has 1 fully saturated rings. The molecule has 2 aliphatic carbocycles. The number of hydrogen-bond donors (Lipinski definition) is 2. The quantitative estimate of drug-likeness (QED) is 0.864. The molecule has 3 heteroatoms. The average molecular weight is 258 g/mol. The Labute approximate surface area is 114 Å². The van der Waals surface area contributed by atoms with Crippen LogP contribution in [-0.2, 0) is 24.1 Å². The second kappa shape index (κ2) is 4.97. The van der Waals surface area contributed by atoms with Gasteiger partial charge in [-0.25, -0.2) is 0 Å². The van der Waals surface area contributed by atoms with E-state index < -0.39 is 5.54 Å². The minimum atomic E-state index is -0.546. The lowest BCUT2D eigenvalue weighted by molar-refractivity contribution is -0.123. The van der Waals surface area contributed by atoms with Crippen LogP contribution in [0.1, 0.15) is 42.4 Å². The molecule has 19 heavy (non-hydrogen) atoms. The number of carbonyl (C=O) groups is 1. The Morgan fingerprint density at radius 2 is 1.95 bits per heavy atom. The third kappa shape index (κ3) is 2.81. The van der Waals surface area contributed by atoms with Gasteiger partial charge in [-0.1, -0.05) is 18.2 Å². The first-order chi connectivity index (χ1) is 9.17. The summed E-state index contributed by atoms with van der Waals surface area (Å²) in [4.78, 5) is 11.7. The molecule has 1 aromatic rings. The van der Waals surface area contributed by atoms with Gasteiger partial charge in [-0.2, -0.15) is 0 Å². The summed E-state index contributed by atoms with van der Waals surface area (Å²) in [6, 6.07) is 6.78. The van der Waals surface area contributed by atoms with E-state index in [2.05, 4.69) is 23.5 Å². The molecule has 1 aromatic carbocycles. The minimum absolute atomic E-state index is 0.0189. The predicted molar refractivity (Wildman–Crippen MR) is 76.0 cm³/mol. The zero-order valence-electron chi connectivity index (χ0n) is 11.4. The first-order valence-electron chi connectivity index (χ1n) is 7.35. The number of fused-ring (bicyclic) bond motifs is 1. The Hall–Kier alpha value is -1.35. The molecule has 0 bridgehead atoms. The van der Waals surface area contributed by atoms with Crippen molar-refractivity contribution < 1.29 is 4.79 Å². The molecule has 3 rings (SSSR count). The van der Waals surface area contributed by atoms with E-state index in [1.54, 1.807) is 0 Å². The first kappa shape index (κ1) is 12.7. The molecule has 0 heterocycles. The van der Waals surface area contributed by atoms with Crippen LogP contribution in [0.5, 0.6) is 0 Å². The maximum atomic E-state index is 11.7. The molecule has 0 atom stereocenters. The summed E-state index contributed by atoms with van der Waals surface area (Å²) < 4.78 is 0. The summed E-state index contributed by atoms with van der Waals surface area (Å²) in [5.41, 5.74) is 9.64. The monoisotopic (exact) mass is 258 g/mol. The Kier molecular flexibility index (Phi) is 3.31. The van der Waals surface area contributed by atoms with Gasteiger partial charge in [-0.05, 0) is 61.6 Å². The van der Waals surface area contributed by atoms with Gasteiger partial charge in [-0.15, -0.1) is 0 Å². The number of benzene rings is 1. The van der Waals surface area contributed by atoms with Crippen molar-refractivity contribution in [3.63, 3.8) is 0 Å². The molecule has 0 unspecified atom stereocenters. The van der Waals surface area contributed by atoms with E-state index in [-0.39, 0.29) is 5.91 Å². The summed E-state index contributed by atoms with van der Waals surface area (Å²) in [7, 11) is 0. The summed E-state index contributed by atoms with van der Waals surface area (Å²) in [6.07, 6.45) is 7.62. The topological polar surface area (TPSA) is 55.1 Å². The van der Waals surface area contributed by atoms with Crippen LogP contribution in [0.15, 0.2) is 18.2 Å². The van der Waals surface area contributed by atoms with Crippen LogP contribution in [0, 0.1) is 0 Å². The van der Waals surface area contributed by atoms with Crippen molar-refractivity contribution in [1.29, 1.82) is 0 Å². The second-order valence-electron chi connectivity index (χ2n) is 5.97. The van der Waals surface area contributed by atoms with Gasteiger partial charge in [0.15, 0.2) is 0 Å². The maximum absolute atomic E-state index is 11.7. The van der Waals surface area contributed by atoms with E-state index in [1.807, 2.05) is 0 Å². The third-order valence-electron chi connectivity index (χ3n) is 4.35. The van der Waals surface area contributed by atoms with Crippen molar-refractivity contribution in [2.24, 2.45) is 5.73 Å². The van der Waals surface area contributed by atoms with Gasteiger partial charge in [0.1, 0.15) is 0 Å². The van der Waals surface area contributed by atoms with Crippen molar-refractivity contribution >= 4 is 5.91 Å². The van der Waals surface area contributed by atoms with Gasteiger partial charge in [0.25, 0.3) is 0 Å². The van der Waals surface area contributed by atoms with Crippen LogP contribution in [0.2, 0.25) is 0 Å². The van der Waals surface area contributed by atoms with Crippen LogP contribution >= 0.6 is 0 Å². The Morgan fingerprint density at radius 1 is 1.21 bits per heavy atom. The lowest BCUT2D eigenvalue weighted by atomic mass is 9.90. The fourth-order valence-corrected chi connectivity index (χ4v) is 2.80. The van der Waals surface area contributed by atoms with E-state index in [9.17, 15) is 4.79 Å². The van der Waals surface area contributed by atoms with Crippen LogP contribution in [0.25, 0.3) is 0 Å². The van der Waals surface area contributed by atoms with Gasteiger partial charge in [0.2, 0.25) is 5.91 Å². The Balaban J connectivity index is 1.54. The number of rotatable bonds is 4. The van der Waals surface area contributed by atoms with Crippen molar-refractivity contribution in [2.45, 2.75) is 50.5 Å². The van der Waals surface area contributed by atoms with Gasteiger partial charge >= 0.3 is 0 Å². The zero-order chi connectivity index (χ0) is 13.3.